The number of oxime groups is 1. The number of allylic oxidation sites excluding steroid dienone is 1. The number of amides is 1. The number of carbonyl (C=O) groups excluding carboxylic acids is 1. The molecule has 0 aromatic heterocycles. The first-order valence-electron chi connectivity index (χ1n) is 25.6. The largest absolute Gasteiger partial charge is 0.459 e. The number of aliphatic hydroxyl groups excluding tert-OH is 2. The number of non-ortho nitro benzene ring substituents is 1. The normalized spacial score (nSPS) is 21.2. The molecule has 8 rings (SSSR count). The molecule has 6 atom stereocenters. The quantitative estimate of drug-likeness (QED) is 0.0234. The maximum Gasteiger partial charge on any atom is 0.410 e. The van der Waals surface area contributed by atoms with Crippen molar-refractivity contribution in [3.8, 4) is 28.4 Å². The monoisotopic (exact) mass is 993 g/mol. The minimum atomic E-state index is -1.49. The van der Waals surface area contributed by atoms with Gasteiger partial charge in [0.2, 0.25) is 5.79 Å². The van der Waals surface area contributed by atoms with E-state index in [1.54, 1.807) is 23.1 Å². The van der Waals surface area contributed by atoms with E-state index in [4.69, 9.17) is 33.7 Å². The first kappa shape index (κ1) is 52.5. The van der Waals surface area contributed by atoms with E-state index < -0.39 is 28.8 Å². The molecule has 5 aromatic rings. The van der Waals surface area contributed by atoms with Crippen LogP contribution in [0.1, 0.15) is 80.9 Å². The average molecular weight is 994 g/mol. The Morgan fingerprint density at radius 3 is 2.23 bits per heavy atom. The average Bonchev–Trinajstić information content (AvgIpc) is 3.42. The predicted octanol–water partition coefficient (Wildman–Crippen LogP) is 12.0. The Labute approximate surface area is 428 Å². The van der Waals surface area contributed by atoms with Gasteiger partial charge < -0.3 is 38.7 Å². The van der Waals surface area contributed by atoms with Crippen LogP contribution in [0.3, 0.4) is 0 Å². The summed E-state index contributed by atoms with van der Waals surface area (Å²) in [6.07, 6.45) is 8.50. The van der Waals surface area contributed by atoms with E-state index in [1.807, 2.05) is 91.9 Å². The van der Waals surface area contributed by atoms with Crippen LogP contribution in [-0.4, -0.2) is 83.2 Å². The topological polar surface area (TPSA) is 172 Å². The molecule has 73 heavy (non-hydrogen) atoms. The molecule has 0 spiro atoms. The molecule has 0 saturated heterocycles. The number of hydrogen-bond acceptors (Lipinski definition) is 12. The van der Waals surface area contributed by atoms with Crippen LogP contribution in [0.15, 0.2) is 157 Å². The molecule has 3 aliphatic rings. The number of fused-ring (bicyclic) bond motifs is 2. The van der Waals surface area contributed by atoms with Crippen molar-refractivity contribution in [2.45, 2.75) is 89.3 Å². The lowest BCUT2D eigenvalue weighted by atomic mass is 9.55. The highest BCUT2D eigenvalue weighted by Gasteiger charge is 2.65. The Kier molecular flexibility index (Phi) is 18.5. The summed E-state index contributed by atoms with van der Waals surface area (Å²) in [5.74, 6) is -0.463. The smallest absolute Gasteiger partial charge is 0.410 e. The SMILES string of the molecule is C=CCOC12Oc3ccc(Oc4ccc(-c5ccccc5)cc4)cc3C3C(CCCCO)C(CCCCO)C=C(C(=NOCc4ccc([N+](=O)[O-])cc4)CC1N(CCC)C(=O)OCCOCc1ccccc1)C32. The number of ether oxygens (including phenoxy) is 5. The zero-order chi connectivity index (χ0) is 51.0. The van der Waals surface area contributed by atoms with E-state index in [9.17, 15) is 25.1 Å². The van der Waals surface area contributed by atoms with E-state index in [2.05, 4.69) is 30.9 Å². The van der Waals surface area contributed by atoms with Crippen molar-refractivity contribution < 1.29 is 48.5 Å². The summed E-state index contributed by atoms with van der Waals surface area (Å²) in [4.78, 5) is 33.6. The number of aliphatic hydroxyl groups is 2. The van der Waals surface area contributed by atoms with Crippen molar-refractivity contribution in [2.75, 3.05) is 39.6 Å². The zero-order valence-corrected chi connectivity index (χ0v) is 41.6. The Morgan fingerprint density at radius 2 is 1.53 bits per heavy atom. The van der Waals surface area contributed by atoms with Crippen molar-refractivity contribution in [1.29, 1.82) is 0 Å². The van der Waals surface area contributed by atoms with Gasteiger partial charge in [0.25, 0.3) is 5.69 Å². The standard InChI is InChI=1S/C59H67N3O11/c1-3-31-61(58(65)69-36-35-68-40-42-15-7-5-8-16-42)55-39-53(60-71-41-43-21-25-47(26-22-43)62(66)67)51-37-46(19-11-13-32-63)50(20-12-14-33-64)56-52-38-49(29-30-54(52)73-59(55,57(51)56)70-34-4-2)72-48-27-23-45(24-28-48)44-17-9-6-10-18-44/h4-10,15-18,21-30,37-38,46,50,55-57,63-64H,2-3,11-14,19-20,31-36,39-41H2,1H3. The lowest BCUT2D eigenvalue weighted by Crippen LogP contribution is -2.70. The molecule has 1 aliphatic heterocycles. The number of unbranched alkanes of at least 4 members (excludes halogenated alkanes) is 2. The molecule has 14 heteroatoms. The van der Waals surface area contributed by atoms with Gasteiger partial charge in [-0.15, -0.1) is 6.58 Å². The van der Waals surface area contributed by atoms with Gasteiger partial charge in [-0.05, 0) is 114 Å². The van der Waals surface area contributed by atoms with Gasteiger partial charge in [-0.1, -0.05) is 110 Å². The Bertz CT molecular complexity index is 2640. The minimum Gasteiger partial charge on any atom is -0.459 e. The van der Waals surface area contributed by atoms with Crippen LogP contribution in [0.25, 0.3) is 11.1 Å². The molecule has 14 nitrogen and oxygen atoms in total. The molecule has 1 saturated carbocycles. The number of hydrogen-bond donors (Lipinski definition) is 2. The lowest BCUT2D eigenvalue weighted by Gasteiger charge is -2.59. The van der Waals surface area contributed by atoms with Gasteiger partial charge in [0.1, 0.15) is 36.5 Å². The number of nitro groups is 1. The van der Waals surface area contributed by atoms with Gasteiger partial charge >= 0.3 is 6.09 Å². The third-order valence-electron chi connectivity index (χ3n) is 14.0. The van der Waals surface area contributed by atoms with Crippen molar-refractivity contribution in [3.05, 3.63) is 179 Å². The summed E-state index contributed by atoms with van der Waals surface area (Å²) >= 11 is 0. The van der Waals surface area contributed by atoms with Crippen LogP contribution in [0.4, 0.5) is 10.5 Å². The molecule has 5 aromatic carbocycles. The fourth-order valence-corrected chi connectivity index (χ4v) is 10.7. The second-order valence-corrected chi connectivity index (χ2v) is 18.8. The van der Waals surface area contributed by atoms with E-state index in [1.165, 1.54) is 12.1 Å². The van der Waals surface area contributed by atoms with Crippen molar-refractivity contribution in [1.82, 2.24) is 4.90 Å². The highest BCUT2D eigenvalue weighted by molar-refractivity contribution is 6.03. The molecular weight excluding hydrogens is 927 g/mol. The highest BCUT2D eigenvalue weighted by Crippen LogP contribution is 2.62. The third kappa shape index (κ3) is 12.7. The van der Waals surface area contributed by atoms with Crippen LogP contribution < -0.4 is 9.47 Å². The molecular formula is C59H67N3O11. The van der Waals surface area contributed by atoms with Gasteiger partial charge in [0.05, 0.1) is 36.4 Å². The summed E-state index contributed by atoms with van der Waals surface area (Å²) in [5.41, 5.74) is 6.24. The predicted molar refractivity (Wildman–Crippen MR) is 279 cm³/mol. The first-order valence-corrected chi connectivity index (χ1v) is 25.6. The van der Waals surface area contributed by atoms with E-state index >= 15 is 0 Å². The Morgan fingerprint density at radius 1 is 0.849 bits per heavy atom. The molecule has 2 aliphatic carbocycles. The van der Waals surface area contributed by atoms with Crippen LogP contribution in [0, 0.1) is 27.9 Å². The van der Waals surface area contributed by atoms with Gasteiger partial charge in [-0.25, -0.2) is 4.79 Å². The van der Waals surface area contributed by atoms with E-state index in [0.29, 0.717) is 60.9 Å². The van der Waals surface area contributed by atoms with Gasteiger partial charge in [0.15, 0.2) is 0 Å². The van der Waals surface area contributed by atoms with Crippen molar-refractivity contribution in [3.63, 3.8) is 0 Å². The number of carbonyl (C=O) groups is 1. The molecule has 1 amide bonds. The zero-order valence-electron chi connectivity index (χ0n) is 41.6. The van der Waals surface area contributed by atoms with Crippen LogP contribution >= 0.6 is 0 Å². The maximum atomic E-state index is 14.7. The summed E-state index contributed by atoms with van der Waals surface area (Å²) in [7, 11) is 0. The molecule has 384 valence electrons. The molecule has 6 unspecified atom stereocenters. The molecule has 0 bridgehead atoms. The Hall–Kier alpha value is -6.84. The molecule has 2 N–H and O–H groups in total. The van der Waals surface area contributed by atoms with Crippen molar-refractivity contribution >= 4 is 17.5 Å². The maximum absolute atomic E-state index is 14.7. The fraction of sp³-hybridized carbons (Fsp3) is 0.390. The molecule has 0 radical (unpaired) electrons. The first-order chi connectivity index (χ1) is 35.8. The summed E-state index contributed by atoms with van der Waals surface area (Å²) < 4.78 is 33.1. The fourth-order valence-electron chi connectivity index (χ4n) is 10.7. The van der Waals surface area contributed by atoms with Crippen molar-refractivity contribution in [2.24, 2.45) is 22.9 Å². The molecule has 1 heterocycles. The van der Waals surface area contributed by atoms with Crippen LogP contribution in [0.2, 0.25) is 0 Å². The Balaban J connectivity index is 1.22. The minimum absolute atomic E-state index is 0.00340. The van der Waals surface area contributed by atoms with Gasteiger partial charge in [-0.3, -0.25) is 15.0 Å². The summed E-state index contributed by atoms with van der Waals surface area (Å²) in [6, 6.07) is 39.2. The van der Waals surface area contributed by atoms with E-state index in [0.717, 1.165) is 53.5 Å². The summed E-state index contributed by atoms with van der Waals surface area (Å²) in [5, 5.41) is 36.5. The van der Waals surface area contributed by atoms with E-state index in [-0.39, 0.29) is 69.5 Å². The summed E-state index contributed by atoms with van der Waals surface area (Å²) in [6.45, 7) is 7.19. The van der Waals surface area contributed by atoms with Crippen LogP contribution in [-0.2, 0) is 32.3 Å². The van der Waals surface area contributed by atoms with Crippen LogP contribution in [0.5, 0.6) is 17.2 Å². The second-order valence-electron chi connectivity index (χ2n) is 18.8. The molecule has 1 fully saturated rings. The number of benzene rings is 5. The van der Waals surface area contributed by atoms with Gasteiger partial charge in [-0.2, -0.15) is 0 Å². The number of nitro benzene ring substituents is 1. The third-order valence-corrected chi connectivity index (χ3v) is 14.0. The van der Waals surface area contributed by atoms with Gasteiger partial charge in [0, 0.05) is 49.8 Å². The highest BCUT2D eigenvalue weighted by atomic mass is 16.7. The lowest BCUT2D eigenvalue weighted by molar-refractivity contribution is -0.384. The number of rotatable bonds is 26. The number of nitrogens with zero attached hydrogens (tertiary/aromatic N) is 3. The second kappa shape index (κ2) is 25.7.